The molecule has 4 aromatic rings. The van der Waals surface area contributed by atoms with Crippen LogP contribution in [0.2, 0.25) is 0 Å². The number of piperazine rings is 1. The largest absolute Gasteiger partial charge is 0.508 e. The van der Waals surface area contributed by atoms with Crippen molar-refractivity contribution in [2.75, 3.05) is 13.1 Å². The van der Waals surface area contributed by atoms with E-state index in [9.17, 15) is 23.9 Å². The van der Waals surface area contributed by atoms with Crippen LogP contribution < -0.4 is 5.32 Å². The van der Waals surface area contributed by atoms with Crippen LogP contribution in [0.4, 0.5) is 9.18 Å². The van der Waals surface area contributed by atoms with Crippen molar-refractivity contribution in [1.82, 2.24) is 25.1 Å². The molecule has 0 spiro atoms. The number of phenolic OH excluding ortho intramolecular Hbond substituents is 1. The van der Waals surface area contributed by atoms with Crippen molar-refractivity contribution in [3.63, 3.8) is 0 Å². The summed E-state index contributed by atoms with van der Waals surface area (Å²) in [5.41, 5.74) is 3.19. The van der Waals surface area contributed by atoms with Gasteiger partial charge in [-0.2, -0.15) is 0 Å². The minimum atomic E-state index is -0.919. The lowest BCUT2D eigenvalue weighted by molar-refractivity contribution is -0.192. The normalized spacial score (nSPS) is 18.6. The Morgan fingerprint density at radius 1 is 0.800 bits per heavy atom. The number of hydrogen-bond donors (Lipinski definition) is 2. The quantitative estimate of drug-likeness (QED) is 0.312. The van der Waals surface area contributed by atoms with E-state index >= 15 is 0 Å². The van der Waals surface area contributed by atoms with Crippen LogP contribution in [-0.4, -0.2) is 68.1 Å². The smallest absolute Gasteiger partial charge is 0.334 e. The van der Waals surface area contributed by atoms with Gasteiger partial charge in [-0.15, -0.1) is 0 Å². The number of hydrogen-bond acceptors (Lipinski definition) is 5. The molecule has 4 aromatic carbocycles. The molecule has 4 amide bonds. The van der Waals surface area contributed by atoms with Crippen molar-refractivity contribution in [2.24, 2.45) is 0 Å². The molecular formula is C35H34FN5O4. The Balaban J connectivity index is 1.37. The molecule has 9 nitrogen and oxygen atoms in total. The summed E-state index contributed by atoms with van der Waals surface area (Å²) in [5, 5.41) is 16.1. The zero-order valence-corrected chi connectivity index (χ0v) is 24.6. The molecule has 2 heterocycles. The zero-order chi connectivity index (χ0) is 31.3. The molecule has 45 heavy (non-hydrogen) atoms. The molecule has 0 aromatic heterocycles. The molecule has 230 valence electrons. The van der Waals surface area contributed by atoms with Crippen LogP contribution in [0.1, 0.15) is 22.3 Å². The van der Waals surface area contributed by atoms with Crippen molar-refractivity contribution in [3.8, 4) is 5.75 Å². The number of carbonyl (C=O) groups is 3. The molecule has 2 aliphatic heterocycles. The standard InChI is InChI=1S/C35H34FN5O4/c36-29-13-7-12-28(18-29)21-38-23-32-40(31(34(38)44)19-25-14-16-30(42)17-15-25)33(43)24-39(22-27-10-5-2-6-11-27)41(32)35(45)37-20-26-8-3-1-4-9-26/h1-18,31-32,42H,19-24H2,(H,37,45)/t31-,32?/m0/s1. The summed E-state index contributed by atoms with van der Waals surface area (Å²) in [6, 6.07) is 30.4. The Labute approximate surface area is 261 Å². The predicted molar refractivity (Wildman–Crippen MR) is 165 cm³/mol. The number of amides is 4. The summed E-state index contributed by atoms with van der Waals surface area (Å²) in [5.74, 6) is -0.891. The number of rotatable bonds is 8. The fourth-order valence-electron chi connectivity index (χ4n) is 6.03. The molecule has 0 bridgehead atoms. The molecule has 2 fully saturated rings. The summed E-state index contributed by atoms with van der Waals surface area (Å²) >= 11 is 0. The Morgan fingerprint density at radius 3 is 2.16 bits per heavy atom. The Bertz CT molecular complexity index is 1650. The van der Waals surface area contributed by atoms with Crippen molar-refractivity contribution < 1.29 is 23.9 Å². The number of nitrogens with zero attached hydrogens (tertiary/aromatic N) is 4. The van der Waals surface area contributed by atoms with Crippen LogP contribution in [0.5, 0.6) is 5.75 Å². The Hall–Kier alpha value is -5.22. The van der Waals surface area contributed by atoms with Gasteiger partial charge < -0.3 is 20.2 Å². The first-order valence-electron chi connectivity index (χ1n) is 14.9. The summed E-state index contributed by atoms with van der Waals surface area (Å²) < 4.78 is 14.1. The van der Waals surface area contributed by atoms with Crippen molar-refractivity contribution in [2.45, 2.75) is 38.3 Å². The third kappa shape index (κ3) is 6.81. The first-order valence-corrected chi connectivity index (χ1v) is 14.9. The van der Waals surface area contributed by atoms with Gasteiger partial charge in [-0.05, 0) is 46.5 Å². The summed E-state index contributed by atoms with van der Waals surface area (Å²) in [4.78, 5) is 45.3. The number of nitrogens with one attached hydrogen (secondary N) is 1. The number of fused-ring (bicyclic) bond motifs is 1. The average Bonchev–Trinajstić information content (AvgIpc) is 3.04. The maximum atomic E-state index is 14.1. The maximum absolute atomic E-state index is 14.1. The van der Waals surface area contributed by atoms with Gasteiger partial charge >= 0.3 is 6.03 Å². The van der Waals surface area contributed by atoms with E-state index in [1.165, 1.54) is 29.2 Å². The predicted octanol–water partition coefficient (Wildman–Crippen LogP) is 4.28. The highest BCUT2D eigenvalue weighted by Gasteiger charge is 2.51. The van der Waals surface area contributed by atoms with E-state index in [4.69, 9.17) is 0 Å². The number of aromatic hydroxyl groups is 1. The van der Waals surface area contributed by atoms with Crippen molar-refractivity contribution in [3.05, 3.63) is 137 Å². The van der Waals surface area contributed by atoms with Crippen LogP contribution in [0.15, 0.2) is 109 Å². The SMILES string of the molecule is O=C1[C@H](Cc2ccc(O)cc2)N2C(=O)CN(Cc3ccccc3)N(C(=O)NCc3ccccc3)C2CN1Cc1cccc(F)c1. The molecule has 0 aliphatic carbocycles. The van der Waals surface area contributed by atoms with Crippen LogP contribution >= 0.6 is 0 Å². The first-order chi connectivity index (χ1) is 21.9. The lowest BCUT2D eigenvalue weighted by Gasteiger charge is -2.55. The summed E-state index contributed by atoms with van der Waals surface area (Å²) in [6.07, 6.45) is -0.641. The number of benzene rings is 4. The highest BCUT2D eigenvalue weighted by molar-refractivity contribution is 5.91. The van der Waals surface area contributed by atoms with Gasteiger partial charge in [0.1, 0.15) is 23.8 Å². The van der Waals surface area contributed by atoms with Crippen LogP contribution in [0.3, 0.4) is 0 Å². The van der Waals surface area contributed by atoms with Gasteiger partial charge in [0.05, 0.1) is 13.1 Å². The Kier molecular flexibility index (Phi) is 8.74. The number of carbonyl (C=O) groups excluding carboxylic acids is 3. The minimum absolute atomic E-state index is 0.0389. The van der Waals surface area contributed by atoms with Gasteiger partial charge in [-0.25, -0.2) is 19.2 Å². The van der Waals surface area contributed by atoms with E-state index < -0.39 is 24.1 Å². The molecule has 2 aliphatic rings. The number of phenols is 1. The summed E-state index contributed by atoms with van der Waals surface area (Å²) in [6.45, 7) is 0.624. The van der Waals surface area contributed by atoms with Crippen LogP contribution in [0, 0.1) is 5.82 Å². The van der Waals surface area contributed by atoms with E-state index in [0.717, 1.165) is 16.7 Å². The number of halogens is 1. The molecule has 1 unspecified atom stereocenters. The lowest BCUT2D eigenvalue weighted by atomic mass is 9.98. The van der Waals surface area contributed by atoms with Gasteiger partial charge in [0.2, 0.25) is 11.8 Å². The van der Waals surface area contributed by atoms with E-state index in [1.54, 1.807) is 39.2 Å². The van der Waals surface area contributed by atoms with E-state index in [1.807, 2.05) is 60.7 Å². The van der Waals surface area contributed by atoms with Crippen molar-refractivity contribution in [1.29, 1.82) is 0 Å². The van der Waals surface area contributed by atoms with Crippen molar-refractivity contribution >= 4 is 17.8 Å². The molecular weight excluding hydrogens is 573 g/mol. The third-order valence-corrected chi connectivity index (χ3v) is 8.16. The third-order valence-electron chi connectivity index (χ3n) is 8.16. The topological polar surface area (TPSA) is 96.4 Å². The molecule has 2 atom stereocenters. The molecule has 2 N–H and O–H groups in total. The maximum Gasteiger partial charge on any atom is 0.334 e. The first kappa shape index (κ1) is 29.8. The fraction of sp³-hybridized carbons (Fsp3) is 0.229. The monoisotopic (exact) mass is 607 g/mol. The van der Waals surface area contributed by atoms with E-state index in [-0.39, 0.29) is 50.2 Å². The molecule has 10 heteroatoms. The van der Waals surface area contributed by atoms with Gasteiger partial charge in [0, 0.05) is 26.1 Å². The Morgan fingerprint density at radius 2 is 1.47 bits per heavy atom. The second kappa shape index (κ2) is 13.2. The fourth-order valence-corrected chi connectivity index (χ4v) is 6.03. The van der Waals surface area contributed by atoms with Gasteiger partial charge in [-0.1, -0.05) is 84.9 Å². The minimum Gasteiger partial charge on any atom is -0.508 e. The highest BCUT2D eigenvalue weighted by atomic mass is 19.1. The molecule has 0 radical (unpaired) electrons. The van der Waals surface area contributed by atoms with Crippen LogP contribution in [0.25, 0.3) is 0 Å². The summed E-state index contributed by atoms with van der Waals surface area (Å²) in [7, 11) is 0. The second-order valence-corrected chi connectivity index (χ2v) is 11.3. The number of urea groups is 1. The molecule has 6 rings (SSSR count). The van der Waals surface area contributed by atoms with E-state index in [0.29, 0.717) is 12.1 Å². The molecule has 0 saturated carbocycles. The second-order valence-electron chi connectivity index (χ2n) is 11.3. The average molecular weight is 608 g/mol. The van der Waals surface area contributed by atoms with E-state index in [2.05, 4.69) is 5.32 Å². The van der Waals surface area contributed by atoms with Gasteiger partial charge in [0.15, 0.2) is 0 Å². The lowest BCUT2D eigenvalue weighted by Crippen LogP contribution is -2.76. The zero-order valence-electron chi connectivity index (χ0n) is 24.6. The van der Waals surface area contributed by atoms with Gasteiger partial charge in [-0.3, -0.25) is 9.59 Å². The van der Waals surface area contributed by atoms with Crippen LogP contribution in [-0.2, 0) is 35.6 Å². The number of hydrazine groups is 1. The van der Waals surface area contributed by atoms with Gasteiger partial charge in [0.25, 0.3) is 0 Å². The molecule has 2 saturated heterocycles. The highest BCUT2D eigenvalue weighted by Crippen LogP contribution is 2.30.